The first-order valence-electron chi connectivity index (χ1n) is 6.93. The molecule has 0 saturated carbocycles. The molecule has 1 aromatic carbocycles. The summed E-state index contributed by atoms with van der Waals surface area (Å²) in [4.78, 5) is 28.0. The molecule has 0 aliphatic rings. The van der Waals surface area contributed by atoms with Gasteiger partial charge in [-0.05, 0) is 48.1 Å². The molecule has 0 fully saturated rings. The Labute approximate surface area is 150 Å². The van der Waals surface area contributed by atoms with Crippen LogP contribution in [-0.2, 0) is 6.18 Å². The number of nitrogens with one attached hydrogen (secondary N) is 1. The van der Waals surface area contributed by atoms with Gasteiger partial charge in [-0.15, -0.1) is 0 Å². The number of amides is 1. The Balaban J connectivity index is 0.00000151. The number of hydrogen-bond donors (Lipinski definition) is 2. The molecule has 0 atom stereocenters. The van der Waals surface area contributed by atoms with Gasteiger partial charge in [0.1, 0.15) is 4.60 Å². The van der Waals surface area contributed by atoms with Crippen molar-refractivity contribution in [1.82, 2.24) is 14.9 Å². The second-order valence-electron chi connectivity index (χ2n) is 4.60. The van der Waals surface area contributed by atoms with E-state index in [-0.39, 0.29) is 16.0 Å². The van der Waals surface area contributed by atoms with Crippen molar-refractivity contribution in [2.24, 2.45) is 5.73 Å². The molecule has 6 nitrogen and oxygen atoms in total. The normalized spacial score (nSPS) is 10.7. The minimum Gasteiger partial charge on any atom is -0.354 e. The summed E-state index contributed by atoms with van der Waals surface area (Å²) in [5.41, 5.74) is 2.67. The molecule has 0 aliphatic heterocycles. The van der Waals surface area contributed by atoms with Crippen LogP contribution in [-0.4, -0.2) is 29.6 Å². The molecule has 0 unspecified atom stereocenters. The number of carbonyl (C=O) groups excluding carboxylic acids is 1. The van der Waals surface area contributed by atoms with Crippen molar-refractivity contribution >= 4 is 21.8 Å². The molecular weight excluding hydrogens is 405 g/mol. The average molecular weight is 421 g/mol. The molecule has 10 heteroatoms. The van der Waals surface area contributed by atoms with Crippen molar-refractivity contribution in [3.05, 3.63) is 56.2 Å². The van der Waals surface area contributed by atoms with Gasteiger partial charge in [-0.25, -0.2) is 4.98 Å². The molecule has 0 radical (unpaired) electrons. The van der Waals surface area contributed by atoms with E-state index >= 15 is 0 Å². The standard InChI is InChI=1S/C14H11BrF3N3O2.CH5N/c1-7-11(15)20-10(12(22)19-2)13(23)21(7)9-5-3-4-8(6-9)14(16,17)18;1-2/h3-6H,1-2H3,(H,19,22);2H2,1H3. The quantitative estimate of drug-likeness (QED) is 0.779. The lowest BCUT2D eigenvalue weighted by molar-refractivity contribution is -0.137. The first-order valence-corrected chi connectivity index (χ1v) is 7.72. The van der Waals surface area contributed by atoms with Crippen LogP contribution in [0.2, 0.25) is 0 Å². The van der Waals surface area contributed by atoms with Crippen LogP contribution in [0.3, 0.4) is 0 Å². The fourth-order valence-corrected chi connectivity index (χ4v) is 2.33. The second kappa shape index (κ2) is 8.26. The van der Waals surface area contributed by atoms with E-state index in [0.29, 0.717) is 0 Å². The summed E-state index contributed by atoms with van der Waals surface area (Å²) in [6.07, 6.45) is -4.54. The number of carbonyl (C=O) groups is 1. The summed E-state index contributed by atoms with van der Waals surface area (Å²) < 4.78 is 39.8. The van der Waals surface area contributed by atoms with E-state index in [9.17, 15) is 22.8 Å². The summed E-state index contributed by atoms with van der Waals surface area (Å²) >= 11 is 3.11. The minimum atomic E-state index is -4.54. The van der Waals surface area contributed by atoms with Crippen LogP contribution in [0, 0.1) is 6.92 Å². The first-order chi connectivity index (χ1) is 11.7. The highest BCUT2D eigenvalue weighted by atomic mass is 79.9. The van der Waals surface area contributed by atoms with E-state index in [0.717, 1.165) is 16.7 Å². The maximum Gasteiger partial charge on any atom is 0.416 e. The van der Waals surface area contributed by atoms with Crippen LogP contribution in [0.5, 0.6) is 0 Å². The van der Waals surface area contributed by atoms with E-state index in [4.69, 9.17) is 0 Å². The number of halogens is 4. The second-order valence-corrected chi connectivity index (χ2v) is 5.36. The van der Waals surface area contributed by atoms with Crippen LogP contribution in [0.1, 0.15) is 21.7 Å². The first kappa shape index (κ1) is 20.8. The maximum atomic E-state index is 12.9. The molecular formula is C15H16BrF3N4O2. The number of nitrogens with zero attached hydrogens (tertiary/aromatic N) is 2. The van der Waals surface area contributed by atoms with Crippen LogP contribution in [0.25, 0.3) is 5.69 Å². The highest BCUT2D eigenvalue weighted by molar-refractivity contribution is 9.10. The van der Waals surface area contributed by atoms with Gasteiger partial charge < -0.3 is 11.1 Å². The Morgan fingerprint density at radius 1 is 1.32 bits per heavy atom. The largest absolute Gasteiger partial charge is 0.416 e. The summed E-state index contributed by atoms with van der Waals surface area (Å²) in [7, 11) is 2.83. The Morgan fingerprint density at radius 3 is 2.44 bits per heavy atom. The highest BCUT2D eigenvalue weighted by Crippen LogP contribution is 2.30. The monoisotopic (exact) mass is 420 g/mol. The fraction of sp³-hybridized carbons (Fsp3) is 0.267. The van der Waals surface area contributed by atoms with E-state index in [1.165, 1.54) is 33.2 Å². The average Bonchev–Trinajstić information content (AvgIpc) is 2.59. The molecule has 1 aromatic heterocycles. The number of rotatable bonds is 2. The Hall–Kier alpha value is -2.20. The van der Waals surface area contributed by atoms with Crippen molar-refractivity contribution in [2.45, 2.75) is 13.1 Å². The SMILES string of the molecule is CN.CNC(=O)c1nc(Br)c(C)n(-c2cccc(C(F)(F)F)c2)c1=O. The summed E-state index contributed by atoms with van der Waals surface area (Å²) in [5.74, 6) is -0.726. The molecule has 0 spiro atoms. The van der Waals surface area contributed by atoms with Gasteiger partial charge in [-0.3, -0.25) is 14.2 Å². The summed E-state index contributed by atoms with van der Waals surface area (Å²) in [6, 6.07) is 4.29. The van der Waals surface area contributed by atoms with E-state index in [1.54, 1.807) is 0 Å². The van der Waals surface area contributed by atoms with E-state index < -0.39 is 28.9 Å². The topological polar surface area (TPSA) is 90.0 Å². The third-order valence-electron chi connectivity index (χ3n) is 3.12. The summed E-state index contributed by atoms with van der Waals surface area (Å²) in [5, 5.41) is 2.27. The van der Waals surface area contributed by atoms with Crippen molar-refractivity contribution in [1.29, 1.82) is 0 Å². The summed E-state index contributed by atoms with van der Waals surface area (Å²) in [6.45, 7) is 1.51. The van der Waals surface area contributed by atoms with Gasteiger partial charge in [0.2, 0.25) is 0 Å². The predicted molar refractivity (Wildman–Crippen MR) is 90.8 cm³/mol. The van der Waals surface area contributed by atoms with Crippen molar-refractivity contribution in [3.63, 3.8) is 0 Å². The van der Waals surface area contributed by atoms with Crippen LogP contribution < -0.4 is 16.6 Å². The minimum absolute atomic E-state index is 0.00409. The predicted octanol–water partition coefficient (Wildman–Crippen LogP) is 2.26. The zero-order chi connectivity index (χ0) is 19.4. The van der Waals surface area contributed by atoms with Gasteiger partial charge in [-0.2, -0.15) is 13.2 Å². The van der Waals surface area contributed by atoms with Gasteiger partial charge in [0, 0.05) is 12.7 Å². The smallest absolute Gasteiger partial charge is 0.354 e. The Morgan fingerprint density at radius 2 is 1.92 bits per heavy atom. The van der Waals surface area contributed by atoms with Gasteiger partial charge in [0.05, 0.1) is 11.3 Å². The van der Waals surface area contributed by atoms with Crippen LogP contribution in [0.4, 0.5) is 13.2 Å². The molecule has 0 bridgehead atoms. The number of hydrogen-bond acceptors (Lipinski definition) is 4. The molecule has 1 heterocycles. The highest BCUT2D eigenvalue weighted by Gasteiger charge is 2.31. The molecule has 2 aromatic rings. The van der Waals surface area contributed by atoms with Gasteiger partial charge in [0.25, 0.3) is 11.5 Å². The number of aromatic nitrogens is 2. The number of alkyl halides is 3. The lowest BCUT2D eigenvalue weighted by Gasteiger charge is -2.14. The van der Waals surface area contributed by atoms with Crippen molar-refractivity contribution in [3.8, 4) is 5.69 Å². The van der Waals surface area contributed by atoms with E-state index in [1.807, 2.05) is 0 Å². The zero-order valence-corrected chi connectivity index (χ0v) is 15.2. The molecule has 0 saturated heterocycles. The Kier molecular flexibility index (Phi) is 6.88. The molecule has 0 aliphatic carbocycles. The third kappa shape index (κ3) is 4.45. The lowest BCUT2D eigenvalue weighted by atomic mass is 10.2. The number of benzene rings is 1. The van der Waals surface area contributed by atoms with Crippen molar-refractivity contribution < 1.29 is 18.0 Å². The fourth-order valence-electron chi connectivity index (χ4n) is 1.98. The van der Waals surface area contributed by atoms with Gasteiger partial charge in [-0.1, -0.05) is 6.07 Å². The van der Waals surface area contributed by atoms with Crippen LogP contribution >= 0.6 is 15.9 Å². The van der Waals surface area contributed by atoms with Crippen LogP contribution in [0.15, 0.2) is 33.7 Å². The maximum absolute atomic E-state index is 12.9. The lowest BCUT2D eigenvalue weighted by Crippen LogP contribution is -2.33. The van der Waals surface area contributed by atoms with Gasteiger partial charge >= 0.3 is 6.18 Å². The zero-order valence-electron chi connectivity index (χ0n) is 13.6. The molecule has 1 amide bonds. The molecule has 3 N–H and O–H groups in total. The van der Waals surface area contributed by atoms with Gasteiger partial charge in [0.15, 0.2) is 5.69 Å². The number of nitrogens with two attached hydrogens (primary N) is 1. The molecule has 2 rings (SSSR count). The molecule has 136 valence electrons. The Bertz CT molecular complexity index is 835. The molecule has 25 heavy (non-hydrogen) atoms. The third-order valence-corrected chi connectivity index (χ3v) is 3.87. The van der Waals surface area contributed by atoms with Crippen molar-refractivity contribution in [2.75, 3.05) is 14.1 Å². The van der Waals surface area contributed by atoms with E-state index in [2.05, 4.69) is 32.0 Å².